The van der Waals surface area contributed by atoms with E-state index in [4.69, 9.17) is 14.2 Å². The number of ketones is 2. The second-order valence-electron chi connectivity index (χ2n) is 11.6. The van der Waals surface area contributed by atoms with Crippen molar-refractivity contribution in [3.63, 3.8) is 0 Å². The van der Waals surface area contributed by atoms with E-state index >= 15 is 0 Å². The molecule has 0 aliphatic carbocycles. The summed E-state index contributed by atoms with van der Waals surface area (Å²) in [4.78, 5) is 31.4. The molecule has 4 unspecified atom stereocenters. The average molecular weight is 498 g/mol. The van der Waals surface area contributed by atoms with Crippen LogP contribution in [0.5, 0.6) is 0 Å². The molecular weight excluding hydrogens is 442 g/mol. The lowest BCUT2D eigenvalue weighted by molar-refractivity contribution is -0.180. The van der Waals surface area contributed by atoms with Crippen LogP contribution in [0.2, 0.25) is 0 Å². The lowest BCUT2D eigenvalue weighted by atomic mass is 9.66. The molecule has 0 rings (SSSR count). The Morgan fingerprint density at radius 3 is 1.80 bits per heavy atom. The van der Waals surface area contributed by atoms with Crippen LogP contribution in [-0.4, -0.2) is 59.4 Å². The summed E-state index contributed by atoms with van der Waals surface area (Å²) in [6.07, 6.45) is 4.58. The first-order valence-corrected chi connectivity index (χ1v) is 13.5. The molecule has 0 fully saturated rings. The third-order valence-corrected chi connectivity index (χ3v) is 8.38. The van der Waals surface area contributed by atoms with E-state index in [2.05, 4.69) is 25.8 Å². The Morgan fingerprint density at radius 2 is 1.37 bits per heavy atom. The molecule has 0 radical (unpaired) electrons. The molecular formula is C29H55NO5. The molecule has 0 amide bonds. The molecule has 0 aliphatic heterocycles. The summed E-state index contributed by atoms with van der Waals surface area (Å²) in [5.41, 5.74) is -3.16. The van der Waals surface area contributed by atoms with Gasteiger partial charge in [0.2, 0.25) is 0 Å². The first-order chi connectivity index (χ1) is 15.9. The Kier molecular flexibility index (Phi) is 13.0. The van der Waals surface area contributed by atoms with Crippen molar-refractivity contribution >= 4 is 17.8 Å². The average Bonchev–Trinajstić information content (AvgIpc) is 2.83. The standard InChI is InChI=1S/C29H55NO5/c1-14-25(7,8)30-19-20-33-28(12,17-4)23(31)21-34-29(13,18-5)27(11,16-3)24(32)22(6)35-26(9,10)15-2/h19,22H,14-18,20-21H2,1-13H3/b30-19+. The smallest absolute Gasteiger partial charge is 0.189 e. The maximum absolute atomic E-state index is 13.6. The fourth-order valence-corrected chi connectivity index (χ4v) is 3.88. The number of carbonyl (C=O) groups excluding carboxylic acids is 2. The van der Waals surface area contributed by atoms with E-state index in [9.17, 15) is 9.59 Å². The van der Waals surface area contributed by atoms with Crippen LogP contribution in [0.4, 0.5) is 0 Å². The monoisotopic (exact) mass is 497 g/mol. The molecule has 35 heavy (non-hydrogen) atoms. The van der Waals surface area contributed by atoms with Crippen LogP contribution in [0.3, 0.4) is 0 Å². The second-order valence-corrected chi connectivity index (χ2v) is 11.6. The number of Topliss-reactive ketones (excluding diaryl/α,β-unsaturated/α-hetero) is 2. The Hall–Kier alpha value is -1.11. The van der Waals surface area contributed by atoms with E-state index in [1.54, 1.807) is 13.1 Å². The second kappa shape index (κ2) is 13.4. The number of aliphatic imine (C=N–C) groups is 1. The van der Waals surface area contributed by atoms with Crippen molar-refractivity contribution in [2.45, 2.75) is 151 Å². The number of ether oxygens (including phenoxy) is 3. The highest BCUT2D eigenvalue weighted by Crippen LogP contribution is 2.43. The van der Waals surface area contributed by atoms with Crippen LogP contribution >= 0.6 is 0 Å². The Morgan fingerprint density at radius 1 is 0.800 bits per heavy atom. The normalized spacial score (nSPS) is 19.1. The Labute approximate surface area is 216 Å². The molecule has 0 saturated carbocycles. The molecule has 0 aromatic rings. The molecule has 0 heterocycles. The van der Waals surface area contributed by atoms with Gasteiger partial charge in [-0.3, -0.25) is 14.6 Å². The SMILES string of the molecule is CCC(C)(C)/N=C/COC(C)(CC)C(=O)COC(C)(CC)C(C)(CC)C(=O)C(C)OC(C)(C)CC. The molecule has 0 aliphatic rings. The Balaban J connectivity index is 5.56. The quantitative estimate of drug-likeness (QED) is 0.195. The predicted molar refractivity (Wildman–Crippen MR) is 145 cm³/mol. The van der Waals surface area contributed by atoms with Gasteiger partial charge in [-0.2, -0.15) is 0 Å². The molecule has 0 saturated heterocycles. The van der Waals surface area contributed by atoms with E-state index < -0.39 is 22.7 Å². The molecule has 6 heteroatoms. The van der Waals surface area contributed by atoms with Crippen LogP contribution in [0.25, 0.3) is 0 Å². The lowest BCUT2D eigenvalue weighted by Crippen LogP contribution is -2.55. The van der Waals surface area contributed by atoms with E-state index in [0.29, 0.717) is 19.3 Å². The van der Waals surface area contributed by atoms with E-state index in [-0.39, 0.29) is 35.9 Å². The fourth-order valence-electron chi connectivity index (χ4n) is 3.88. The molecule has 0 aromatic heterocycles. The zero-order chi connectivity index (χ0) is 27.7. The van der Waals surface area contributed by atoms with Gasteiger partial charge in [0.1, 0.15) is 18.3 Å². The first kappa shape index (κ1) is 33.9. The summed E-state index contributed by atoms with van der Waals surface area (Å²) >= 11 is 0. The molecule has 0 N–H and O–H groups in total. The first-order valence-electron chi connectivity index (χ1n) is 13.5. The Bertz CT molecular complexity index is 716. The van der Waals surface area contributed by atoms with Crippen molar-refractivity contribution < 1.29 is 23.8 Å². The number of rotatable bonds is 18. The zero-order valence-electron chi connectivity index (χ0n) is 25.1. The fraction of sp³-hybridized carbons (Fsp3) is 0.897. The van der Waals surface area contributed by atoms with Crippen LogP contribution in [0.1, 0.15) is 122 Å². The molecule has 0 spiro atoms. The van der Waals surface area contributed by atoms with Gasteiger partial charge in [-0.05, 0) is 87.5 Å². The largest absolute Gasteiger partial charge is 0.366 e. The van der Waals surface area contributed by atoms with E-state index in [1.165, 1.54) is 0 Å². The van der Waals surface area contributed by atoms with Crippen LogP contribution < -0.4 is 0 Å². The van der Waals surface area contributed by atoms with Crippen molar-refractivity contribution in [2.75, 3.05) is 13.2 Å². The number of carbonyl (C=O) groups is 2. The maximum Gasteiger partial charge on any atom is 0.189 e. The van der Waals surface area contributed by atoms with Crippen molar-refractivity contribution in [2.24, 2.45) is 10.4 Å². The lowest BCUT2D eigenvalue weighted by Gasteiger charge is -2.46. The highest BCUT2D eigenvalue weighted by atomic mass is 16.5. The maximum atomic E-state index is 13.6. The van der Waals surface area contributed by atoms with Gasteiger partial charge in [0.15, 0.2) is 11.6 Å². The topological polar surface area (TPSA) is 74.2 Å². The summed E-state index contributed by atoms with van der Waals surface area (Å²) in [7, 11) is 0. The molecule has 4 atom stereocenters. The van der Waals surface area contributed by atoms with Gasteiger partial charge >= 0.3 is 0 Å². The minimum atomic E-state index is -0.981. The van der Waals surface area contributed by atoms with E-state index in [1.807, 2.05) is 62.3 Å². The van der Waals surface area contributed by atoms with Gasteiger partial charge in [-0.15, -0.1) is 0 Å². The summed E-state index contributed by atoms with van der Waals surface area (Å²) in [5.74, 6) is -0.132. The number of hydrogen-bond acceptors (Lipinski definition) is 6. The number of nitrogens with zero attached hydrogens (tertiary/aromatic N) is 1. The minimum Gasteiger partial charge on any atom is -0.366 e. The van der Waals surface area contributed by atoms with Gasteiger partial charge in [-0.1, -0.05) is 34.6 Å². The van der Waals surface area contributed by atoms with Crippen LogP contribution in [0, 0.1) is 5.41 Å². The van der Waals surface area contributed by atoms with Gasteiger partial charge < -0.3 is 14.2 Å². The summed E-state index contributed by atoms with van der Waals surface area (Å²) in [6.45, 7) is 25.8. The van der Waals surface area contributed by atoms with Gasteiger partial charge in [-0.25, -0.2) is 0 Å². The van der Waals surface area contributed by atoms with Crippen LogP contribution in [0.15, 0.2) is 4.99 Å². The van der Waals surface area contributed by atoms with Crippen molar-refractivity contribution in [3.8, 4) is 0 Å². The minimum absolute atomic E-state index is 0.00239. The van der Waals surface area contributed by atoms with Gasteiger partial charge in [0, 0.05) is 6.21 Å². The third kappa shape index (κ3) is 9.05. The highest BCUT2D eigenvalue weighted by Gasteiger charge is 2.51. The zero-order valence-corrected chi connectivity index (χ0v) is 25.1. The number of hydrogen-bond donors (Lipinski definition) is 0. The van der Waals surface area contributed by atoms with Crippen molar-refractivity contribution in [1.29, 1.82) is 0 Å². The summed E-state index contributed by atoms with van der Waals surface area (Å²) in [6, 6.07) is 0. The van der Waals surface area contributed by atoms with Crippen molar-refractivity contribution in [3.05, 3.63) is 0 Å². The van der Waals surface area contributed by atoms with Crippen molar-refractivity contribution in [1.82, 2.24) is 0 Å². The molecule has 0 bridgehead atoms. The molecule has 0 aromatic carbocycles. The molecule has 6 nitrogen and oxygen atoms in total. The van der Waals surface area contributed by atoms with Crippen LogP contribution in [-0.2, 0) is 23.8 Å². The van der Waals surface area contributed by atoms with Gasteiger partial charge in [0.05, 0.1) is 28.8 Å². The van der Waals surface area contributed by atoms with Gasteiger partial charge in [0.25, 0.3) is 0 Å². The summed E-state index contributed by atoms with van der Waals surface area (Å²) in [5, 5.41) is 0. The van der Waals surface area contributed by atoms with E-state index in [0.717, 1.165) is 12.8 Å². The third-order valence-electron chi connectivity index (χ3n) is 8.38. The summed E-state index contributed by atoms with van der Waals surface area (Å²) < 4.78 is 18.4. The predicted octanol–water partition coefficient (Wildman–Crippen LogP) is 6.76. The molecule has 206 valence electrons. The highest BCUT2D eigenvalue weighted by molar-refractivity contribution is 5.90.